The summed E-state index contributed by atoms with van der Waals surface area (Å²) in [5.74, 6) is 0.694. The van der Waals surface area contributed by atoms with E-state index in [2.05, 4.69) is 61.5 Å². The molecule has 19 heavy (non-hydrogen) atoms. The summed E-state index contributed by atoms with van der Waals surface area (Å²) in [6, 6.07) is 11.2. The molecule has 0 aliphatic rings. The molecule has 0 bridgehead atoms. The number of rotatable bonds is 6. The molecule has 0 aliphatic carbocycles. The van der Waals surface area contributed by atoms with Crippen LogP contribution in [0.25, 0.3) is 10.9 Å². The molecule has 102 valence electrons. The van der Waals surface area contributed by atoms with Crippen LogP contribution in [0.3, 0.4) is 0 Å². The quantitative estimate of drug-likeness (QED) is 0.850. The van der Waals surface area contributed by atoms with Crippen LogP contribution in [0, 0.1) is 5.92 Å². The largest absolute Gasteiger partial charge is 0.317 e. The minimum Gasteiger partial charge on any atom is -0.317 e. The molecular weight excluding hydrogens is 232 g/mol. The van der Waals surface area contributed by atoms with Crippen molar-refractivity contribution < 1.29 is 0 Å². The van der Waals surface area contributed by atoms with Gasteiger partial charge in [-0.05, 0) is 49.9 Å². The van der Waals surface area contributed by atoms with Crippen LogP contribution in [0.2, 0.25) is 0 Å². The van der Waals surface area contributed by atoms with Crippen LogP contribution in [0.1, 0.15) is 32.3 Å². The molecule has 0 amide bonds. The molecule has 2 heteroatoms. The van der Waals surface area contributed by atoms with Gasteiger partial charge in [0.15, 0.2) is 0 Å². The fourth-order valence-electron chi connectivity index (χ4n) is 2.70. The molecule has 2 aromatic rings. The van der Waals surface area contributed by atoms with Gasteiger partial charge in [-0.2, -0.15) is 0 Å². The van der Waals surface area contributed by atoms with Crippen molar-refractivity contribution in [2.45, 2.75) is 39.2 Å². The van der Waals surface area contributed by atoms with Crippen LogP contribution < -0.4 is 5.32 Å². The molecule has 0 saturated heterocycles. The number of hydrogen-bond acceptors (Lipinski definition) is 2. The van der Waals surface area contributed by atoms with E-state index in [4.69, 9.17) is 0 Å². The summed E-state index contributed by atoms with van der Waals surface area (Å²) in [5, 5.41) is 4.71. The molecule has 0 saturated carbocycles. The van der Waals surface area contributed by atoms with Gasteiger partial charge < -0.3 is 5.32 Å². The normalized spacial score (nSPS) is 13.1. The minimum absolute atomic E-state index is 0.619. The Labute approximate surface area is 116 Å². The lowest BCUT2D eigenvalue weighted by atomic mass is 9.96. The van der Waals surface area contributed by atoms with Crippen molar-refractivity contribution in [2.75, 3.05) is 7.05 Å². The Hall–Kier alpha value is -1.41. The molecule has 1 atom stereocenters. The molecule has 0 radical (unpaired) electrons. The summed E-state index contributed by atoms with van der Waals surface area (Å²) in [6.07, 6.45) is 5.51. The van der Waals surface area contributed by atoms with E-state index in [9.17, 15) is 0 Å². The van der Waals surface area contributed by atoms with E-state index >= 15 is 0 Å². The minimum atomic E-state index is 0.619. The number of aromatic nitrogens is 1. The monoisotopic (exact) mass is 256 g/mol. The van der Waals surface area contributed by atoms with Gasteiger partial charge in [0, 0.05) is 17.6 Å². The highest BCUT2D eigenvalue weighted by Crippen LogP contribution is 2.19. The Bertz CT molecular complexity index is 514. The lowest BCUT2D eigenvalue weighted by molar-refractivity contribution is 0.394. The molecule has 1 aromatic heterocycles. The third-order valence-corrected chi connectivity index (χ3v) is 3.88. The van der Waals surface area contributed by atoms with Crippen molar-refractivity contribution in [1.82, 2.24) is 10.3 Å². The number of nitrogens with zero attached hydrogens (tertiary/aromatic N) is 1. The van der Waals surface area contributed by atoms with Crippen molar-refractivity contribution in [2.24, 2.45) is 5.92 Å². The summed E-state index contributed by atoms with van der Waals surface area (Å²) in [4.78, 5) is 4.42. The number of fused-ring (bicyclic) bond motifs is 1. The van der Waals surface area contributed by atoms with Crippen LogP contribution in [0.15, 0.2) is 36.5 Å². The van der Waals surface area contributed by atoms with Gasteiger partial charge in [-0.1, -0.05) is 32.0 Å². The first-order valence-corrected chi connectivity index (χ1v) is 7.22. The van der Waals surface area contributed by atoms with Crippen LogP contribution in [-0.4, -0.2) is 18.1 Å². The SMILES string of the molecule is CNC(CCCc1ccnc2ccccc12)C(C)C. The maximum atomic E-state index is 4.42. The number of benzene rings is 1. The first-order chi connectivity index (χ1) is 9.22. The maximum absolute atomic E-state index is 4.42. The molecule has 0 spiro atoms. The smallest absolute Gasteiger partial charge is 0.0704 e. The second-order valence-electron chi connectivity index (χ2n) is 5.52. The summed E-state index contributed by atoms with van der Waals surface area (Å²) < 4.78 is 0. The summed E-state index contributed by atoms with van der Waals surface area (Å²) >= 11 is 0. The standard InChI is InChI=1S/C17H24N2/c1-13(2)16(18-3)10-6-7-14-11-12-19-17-9-5-4-8-15(14)17/h4-5,8-9,11-13,16,18H,6-7,10H2,1-3H3. The predicted molar refractivity (Wildman–Crippen MR) is 82.4 cm³/mol. The maximum Gasteiger partial charge on any atom is 0.0704 e. The number of pyridine rings is 1. The zero-order chi connectivity index (χ0) is 13.7. The van der Waals surface area contributed by atoms with E-state index in [0.29, 0.717) is 12.0 Å². The number of aryl methyl sites for hydroxylation is 1. The van der Waals surface area contributed by atoms with Gasteiger partial charge in [-0.25, -0.2) is 0 Å². The van der Waals surface area contributed by atoms with E-state index in [0.717, 1.165) is 11.9 Å². The van der Waals surface area contributed by atoms with Crippen LogP contribution in [-0.2, 0) is 6.42 Å². The number of para-hydroxylation sites is 1. The molecule has 1 unspecified atom stereocenters. The van der Waals surface area contributed by atoms with Gasteiger partial charge in [0.2, 0.25) is 0 Å². The fourth-order valence-corrected chi connectivity index (χ4v) is 2.70. The van der Waals surface area contributed by atoms with Crippen molar-refractivity contribution in [1.29, 1.82) is 0 Å². The Morgan fingerprint density at radius 1 is 1.16 bits per heavy atom. The van der Waals surface area contributed by atoms with Crippen molar-refractivity contribution in [3.8, 4) is 0 Å². The second-order valence-corrected chi connectivity index (χ2v) is 5.52. The van der Waals surface area contributed by atoms with Gasteiger partial charge in [-0.15, -0.1) is 0 Å². The zero-order valence-electron chi connectivity index (χ0n) is 12.2. The zero-order valence-corrected chi connectivity index (χ0v) is 12.2. The van der Waals surface area contributed by atoms with E-state index in [1.54, 1.807) is 0 Å². The summed E-state index contributed by atoms with van der Waals surface area (Å²) in [6.45, 7) is 4.56. The van der Waals surface area contributed by atoms with Gasteiger partial charge in [0.1, 0.15) is 0 Å². The third kappa shape index (κ3) is 3.54. The molecule has 0 fully saturated rings. The number of hydrogen-bond donors (Lipinski definition) is 1. The average Bonchev–Trinajstić information content (AvgIpc) is 2.43. The Balaban J connectivity index is 2.02. The molecule has 1 N–H and O–H groups in total. The van der Waals surface area contributed by atoms with Crippen molar-refractivity contribution in [3.63, 3.8) is 0 Å². The molecule has 1 heterocycles. The first-order valence-electron chi connectivity index (χ1n) is 7.22. The topological polar surface area (TPSA) is 24.9 Å². The summed E-state index contributed by atoms with van der Waals surface area (Å²) in [5.41, 5.74) is 2.53. The van der Waals surface area contributed by atoms with Gasteiger partial charge in [-0.3, -0.25) is 4.98 Å². The summed E-state index contributed by atoms with van der Waals surface area (Å²) in [7, 11) is 2.06. The fraction of sp³-hybridized carbons (Fsp3) is 0.471. The highest BCUT2D eigenvalue weighted by molar-refractivity contribution is 5.81. The predicted octanol–water partition coefficient (Wildman–Crippen LogP) is 3.80. The highest BCUT2D eigenvalue weighted by atomic mass is 14.9. The molecule has 2 rings (SSSR count). The lowest BCUT2D eigenvalue weighted by Crippen LogP contribution is -2.30. The van der Waals surface area contributed by atoms with Crippen LogP contribution >= 0.6 is 0 Å². The van der Waals surface area contributed by atoms with E-state index in [1.807, 2.05) is 6.20 Å². The van der Waals surface area contributed by atoms with E-state index in [-0.39, 0.29) is 0 Å². The van der Waals surface area contributed by atoms with Gasteiger partial charge in [0.05, 0.1) is 5.52 Å². The van der Waals surface area contributed by atoms with Gasteiger partial charge >= 0.3 is 0 Å². The number of nitrogens with one attached hydrogen (secondary N) is 1. The Morgan fingerprint density at radius 3 is 2.68 bits per heavy atom. The van der Waals surface area contributed by atoms with E-state index < -0.39 is 0 Å². The van der Waals surface area contributed by atoms with Crippen molar-refractivity contribution >= 4 is 10.9 Å². The first kappa shape index (κ1) is 14.0. The highest BCUT2D eigenvalue weighted by Gasteiger charge is 2.10. The molecule has 1 aromatic carbocycles. The molecule has 2 nitrogen and oxygen atoms in total. The van der Waals surface area contributed by atoms with Crippen LogP contribution in [0.4, 0.5) is 0 Å². The third-order valence-electron chi connectivity index (χ3n) is 3.88. The average molecular weight is 256 g/mol. The Kier molecular flexibility index (Phi) is 4.92. The molecule has 0 aliphatic heterocycles. The Morgan fingerprint density at radius 2 is 1.95 bits per heavy atom. The van der Waals surface area contributed by atoms with Crippen molar-refractivity contribution in [3.05, 3.63) is 42.1 Å². The molecular formula is C17H24N2. The lowest BCUT2D eigenvalue weighted by Gasteiger charge is -2.20. The van der Waals surface area contributed by atoms with Gasteiger partial charge in [0.25, 0.3) is 0 Å². The van der Waals surface area contributed by atoms with Crippen LogP contribution in [0.5, 0.6) is 0 Å². The van der Waals surface area contributed by atoms with E-state index in [1.165, 1.54) is 23.8 Å². The second kappa shape index (κ2) is 6.67.